The molecule has 38 heavy (non-hydrogen) atoms. The Labute approximate surface area is 231 Å². The van der Waals surface area contributed by atoms with Gasteiger partial charge in [-0.1, -0.05) is 49.0 Å². The second-order valence-electron chi connectivity index (χ2n) is 9.51. The zero-order chi connectivity index (χ0) is 26.8. The third kappa shape index (κ3) is 5.28. The Kier molecular flexibility index (Phi) is 7.71. The van der Waals surface area contributed by atoms with Crippen LogP contribution in [0, 0.1) is 6.92 Å². The van der Waals surface area contributed by atoms with E-state index in [1.54, 1.807) is 35.8 Å². The zero-order valence-electron chi connectivity index (χ0n) is 21.7. The van der Waals surface area contributed by atoms with Crippen molar-refractivity contribution in [2.75, 3.05) is 26.1 Å². The predicted molar refractivity (Wildman–Crippen MR) is 155 cm³/mol. The molecule has 3 heterocycles. The highest BCUT2D eigenvalue weighted by Gasteiger charge is 2.32. The largest absolute Gasteiger partial charge is 0.493 e. The van der Waals surface area contributed by atoms with E-state index in [9.17, 15) is 9.59 Å². The number of methoxy groups -OCH3 is 2. The molecular weight excluding hydrogens is 520 g/mol. The van der Waals surface area contributed by atoms with Crippen molar-refractivity contribution in [2.45, 2.75) is 45.1 Å². The monoisotopic (exact) mass is 550 g/mol. The minimum absolute atomic E-state index is 0.207. The second kappa shape index (κ2) is 11.2. The maximum Gasteiger partial charge on any atom is 0.267 e. The Hall–Kier alpha value is -3.37. The van der Waals surface area contributed by atoms with Crippen LogP contribution in [0.3, 0.4) is 0 Å². The summed E-state index contributed by atoms with van der Waals surface area (Å²) in [7, 11) is 3.19. The maximum atomic E-state index is 13.6. The first kappa shape index (κ1) is 26.2. The van der Waals surface area contributed by atoms with Crippen LogP contribution >= 0.6 is 24.0 Å². The lowest BCUT2D eigenvalue weighted by Gasteiger charge is -2.16. The first-order valence-electron chi connectivity index (χ1n) is 12.6. The number of thiocarbonyl (C=S) groups is 1. The molecule has 8 nitrogen and oxygen atoms in total. The van der Waals surface area contributed by atoms with Crippen molar-refractivity contribution < 1.29 is 14.3 Å². The van der Waals surface area contributed by atoms with Gasteiger partial charge in [0, 0.05) is 18.8 Å². The number of nitrogens with zero attached hydrogens (tertiary/aromatic N) is 3. The Morgan fingerprint density at radius 3 is 2.63 bits per heavy atom. The van der Waals surface area contributed by atoms with Crippen molar-refractivity contribution in [3.63, 3.8) is 0 Å². The van der Waals surface area contributed by atoms with E-state index in [2.05, 4.69) is 5.32 Å². The highest BCUT2D eigenvalue weighted by atomic mass is 32.2. The number of hydrogen-bond acceptors (Lipinski definition) is 8. The molecule has 1 amide bonds. The third-order valence-corrected chi connectivity index (χ3v) is 8.30. The SMILES string of the molecule is COc1ccc(CCN2C(=O)C(=Cc3c(NC4CCCC4)nc4ccc(C)cn4c3=O)SC2=S)cc1OC. The first-order chi connectivity index (χ1) is 18.4. The van der Waals surface area contributed by atoms with E-state index in [1.165, 1.54) is 11.8 Å². The number of pyridine rings is 1. The van der Waals surface area contributed by atoms with E-state index in [0.717, 1.165) is 36.8 Å². The Morgan fingerprint density at radius 1 is 1.13 bits per heavy atom. The van der Waals surface area contributed by atoms with Gasteiger partial charge in [0.2, 0.25) is 0 Å². The van der Waals surface area contributed by atoms with Gasteiger partial charge in [-0.25, -0.2) is 4.98 Å². The van der Waals surface area contributed by atoms with Gasteiger partial charge in [-0.05, 0) is 61.6 Å². The molecule has 0 atom stereocenters. The number of nitrogens with one attached hydrogen (secondary N) is 1. The molecule has 2 aliphatic rings. The van der Waals surface area contributed by atoms with Gasteiger partial charge >= 0.3 is 0 Å². The summed E-state index contributed by atoms with van der Waals surface area (Å²) in [5.41, 5.74) is 2.68. The van der Waals surface area contributed by atoms with Crippen LogP contribution in [0.25, 0.3) is 11.7 Å². The van der Waals surface area contributed by atoms with Crippen LogP contribution < -0.4 is 20.3 Å². The van der Waals surface area contributed by atoms with E-state index in [1.807, 2.05) is 37.3 Å². The van der Waals surface area contributed by atoms with Crippen LogP contribution in [0.4, 0.5) is 5.82 Å². The van der Waals surface area contributed by atoms with Crippen molar-refractivity contribution in [1.29, 1.82) is 0 Å². The zero-order valence-corrected chi connectivity index (χ0v) is 23.3. The Balaban J connectivity index is 1.43. The Bertz CT molecular complexity index is 1490. The van der Waals surface area contributed by atoms with E-state index in [4.69, 9.17) is 26.7 Å². The predicted octanol–water partition coefficient (Wildman–Crippen LogP) is 4.82. The fourth-order valence-electron chi connectivity index (χ4n) is 4.86. The fourth-order valence-corrected chi connectivity index (χ4v) is 6.15. The minimum atomic E-state index is -0.213. The molecule has 3 aromatic rings. The minimum Gasteiger partial charge on any atom is -0.493 e. The van der Waals surface area contributed by atoms with E-state index in [-0.39, 0.29) is 17.5 Å². The quantitative estimate of drug-likeness (QED) is 0.316. The molecule has 5 rings (SSSR count). The van der Waals surface area contributed by atoms with Gasteiger partial charge in [0.05, 0.1) is 24.7 Å². The van der Waals surface area contributed by atoms with Crippen molar-refractivity contribution >= 4 is 51.7 Å². The number of fused-ring (bicyclic) bond motifs is 1. The van der Waals surface area contributed by atoms with Crippen molar-refractivity contribution in [3.05, 3.63) is 68.5 Å². The van der Waals surface area contributed by atoms with Crippen LogP contribution in [-0.4, -0.2) is 51.3 Å². The number of aryl methyl sites for hydroxylation is 1. The third-order valence-electron chi connectivity index (χ3n) is 6.92. The van der Waals surface area contributed by atoms with Crippen LogP contribution in [0.15, 0.2) is 46.2 Å². The van der Waals surface area contributed by atoms with Crippen molar-refractivity contribution in [1.82, 2.24) is 14.3 Å². The number of rotatable bonds is 8. The van der Waals surface area contributed by atoms with E-state index >= 15 is 0 Å². The highest BCUT2D eigenvalue weighted by molar-refractivity contribution is 8.26. The number of ether oxygens (including phenoxy) is 2. The molecule has 0 spiro atoms. The number of hydrogen-bond donors (Lipinski definition) is 1. The summed E-state index contributed by atoms with van der Waals surface area (Å²) in [5, 5.41) is 3.48. The summed E-state index contributed by atoms with van der Waals surface area (Å²) in [4.78, 5) is 33.8. The van der Waals surface area contributed by atoms with Crippen molar-refractivity contribution in [2.24, 2.45) is 0 Å². The number of anilines is 1. The lowest BCUT2D eigenvalue weighted by Crippen LogP contribution is -2.30. The van der Waals surface area contributed by atoms with Crippen LogP contribution in [0.2, 0.25) is 0 Å². The van der Waals surface area contributed by atoms with Gasteiger partial charge in [0.1, 0.15) is 15.8 Å². The molecule has 1 N–H and O–H groups in total. The molecule has 2 aromatic heterocycles. The first-order valence-corrected chi connectivity index (χ1v) is 13.9. The summed E-state index contributed by atoms with van der Waals surface area (Å²) in [6.07, 6.45) is 8.38. The summed E-state index contributed by atoms with van der Waals surface area (Å²) in [5.74, 6) is 1.59. The average molecular weight is 551 g/mol. The fraction of sp³-hybridized carbons (Fsp3) is 0.357. The molecule has 1 saturated carbocycles. The molecule has 0 radical (unpaired) electrons. The topological polar surface area (TPSA) is 85.2 Å². The van der Waals surface area contributed by atoms with Gasteiger partial charge < -0.3 is 14.8 Å². The van der Waals surface area contributed by atoms with Crippen LogP contribution in [-0.2, 0) is 11.2 Å². The van der Waals surface area contributed by atoms with Crippen molar-refractivity contribution in [3.8, 4) is 11.5 Å². The smallest absolute Gasteiger partial charge is 0.267 e. The number of benzene rings is 1. The summed E-state index contributed by atoms with van der Waals surface area (Å²) in [6, 6.07) is 9.73. The molecule has 1 saturated heterocycles. The molecule has 0 bridgehead atoms. The second-order valence-corrected chi connectivity index (χ2v) is 11.2. The molecule has 1 aromatic carbocycles. The maximum absolute atomic E-state index is 13.6. The molecule has 2 fully saturated rings. The normalized spacial score (nSPS) is 17.1. The van der Waals surface area contributed by atoms with E-state index < -0.39 is 0 Å². The number of carbonyl (C=O) groups excluding carboxylic acids is 1. The molecular formula is C28H30N4O4S2. The summed E-state index contributed by atoms with van der Waals surface area (Å²) >= 11 is 6.77. The van der Waals surface area contributed by atoms with Crippen LogP contribution in [0.5, 0.6) is 11.5 Å². The van der Waals surface area contributed by atoms with Crippen LogP contribution in [0.1, 0.15) is 42.4 Å². The molecule has 10 heteroatoms. The lowest BCUT2D eigenvalue weighted by molar-refractivity contribution is -0.122. The molecule has 1 aliphatic heterocycles. The summed E-state index contributed by atoms with van der Waals surface area (Å²) < 4.78 is 12.7. The number of amides is 1. The number of aromatic nitrogens is 2. The highest BCUT2D eigenvalue weighted by Crippen LogP contribution is 2.34. The lowest BCUT2D eigenvalue weighted by atomic mass is 10.1. The number of thioether (sulfide) groups is 1. The van der Waals surface area contributed by atoms with Gasteiger partial charge in [-0.15, -0.1) is 0 Å². The Morgan fingerprint density at radius 2 is 1.89 bits per heavy atom. The van der Waals surface area contributed by atoms with Gasteiger partial charge in [-0.2, -0.15) is 0 Å². The average Bonchev–Trinajstić information content (AvgIpc) is 3.52. The standard InChI is InChI=1S/C28H30N4O4S2/c1-17-8-11-24-30-25(29-19-6-4-5-7-19)20(26(33)32(24)16-17)15-23-27(34)31(28(37)38-23)13-12-18-9-10-21(35-2)22(14-18)36-3/h8-11,14-16,19,29H,4-7,12-13H2,1-3H3. The van der Waals surface area contributed by atoms with Gasteiger partial charge in [-0.3, -0.25) is 18.9 Å². The number of carbonyl (C=O) groups is 1. The summed E-state index contributed by atoms with van der Waals surface area (Å²) in [6.45, 7) is 2.35. The van der Waals surface area contributed by atoms with E-state index in [0.29, 0.717) is 50.7 Å². The molecule has 0 unspecified atom stereocenters. The van der Waals surface area contributed by atoms with Gasteiger partial charge in [0.25, 0.3) is 11.5 Å². The van der Waals surface area contributed by atoms with Gasteiger partial charge in [0.15, 0.2) is 11.5 Å². The molecule has 1 aliphatic carbocycles. The molecule has 198 valence electrons.